The van der Waals surface area contributed by atoms with Crippen LogP contribution in [-0.2, 0) is 26.0 Å². The van der Waals surface area contributed by atoms with Gasteiger partial charge in [-0.2, -0.15) is 0 Å². The number of carbonyl (C=O) groups excluding carboxylic acids is 2. The molecule has 0 N–H and O–H groups in total. The summed E-state index contributed by atoms with van der Waals surface area (Å²) in [4.78, 5) is 29.6. The molecule has 0 amide bonds. The van der Waals surface area contributed by atoms with Crippen molar-refractivity contribution in [3.63, 3.8) is 0 Å². The van der Waals surface area contributed by atoms with Gasteiger partial charge in [-0.05, 0) is 176 Å². The van der Waals surface area contributed by atoms with Crippen molar-refractivity contribution in [3.05, 3.63) is 197 Å². The summed E-state index contributed by atoms with van der Waals surface area (Å²) in [5.74, 6) is 1.86. The third kappa shape index (κ3) is 16.8. The molecule has 0 fully saturated rings. The second-order valence-electron chi connectivity index (χ2n) is 23.1. The maximum atomic E-state index is 12.7. The van der Waals surface area contributed by atoms with Crippen molar-refractivity contribution in [2.45, 2.75) is 119 Å². The Morgan fingerprint density at radius 2 is 0.936 bits per heavy atom. The molecule has 0 unspecified atom stereocenters. The molecule has 0 bridgehead atoms. The zero-order valence-corrected chi connectivity index (χ0v) is 57.8. The largest absolute Gasteiger partial charge is 0.744 e. The number of carbonyl (C=O) groups is 2. The van der Waals surface area contributed by atoms with Crippen LogP contribution in [0, 0.1) is 6.92 Å². The molecule has 2 aliphatic heterocycles. The molecular weight excluding hydrogens is 1200 g/mol. The van der Waals surface area contributed by atoms with Gasteiger partial charge >= 0.3 is 11.9 Å². The Labute approximate surface area is 555 Å². The average molecular weight is 1290 g/mol. The number of nitrogens with zero attached hydrogens (tertiary/aromatic N) is 4. The maximum Gasteiger partial charge on any atom is 0.338 e. The van der Waals surface area contributed by atoms with Gasteiger partial charge in [0.1, 0.15) is 70.5 Å². The molecule has 94 heavy (non-hydrogen) atoms. The van der Waals surface area contributed by atoms with Crippen LogP contribution in [0.4, 0.5) is 11.4 Å². The summed E-state index contributed by atoms with van der Waals surface area (Å²) in [6.07, 6.45) is 8.71. The van der Waals surface area contributed by atoms with Gasteiger partial charge in [-0.3, -0.25) is 0 Å². The molecule has 2 heterocycles. The van der Waals surface area contributed by atoms with E-state index < -0.39 is 10.1 Å². The van der Waals surface area contributed by atoms with Crippen molar-refractivity contribution in [3.8, 4) is 56.4 Å². The number of unbranched alkanes of at least 4 members (excludes halogenated alkanes) is 5. The summed E-state index contributed by atoms with van der Waals surface area (Å²) >= 11 is 0. The lowest BCUT2D eigenvalue weighted by molar-refractivity contribution is 0.0592. The van der Waals surface area contributed by atoms with Crippen LogP contribution < -0.4 is 34.4 Å². The number of aryl methyl sites for hydroxylation is 2. The van der Waals surface area contributed by atoms with Crippen LogP contribution in [0.3, 0.4) is 0 Å². The number of rotatable bonds is 24. The first-order valence-corrected chi connectivity index (χ1v) is 34.8. The van der Waals surface area contributed by atoms with Crippen LogP contribution in [-0.4, -0.2) is 91.5 Å². The highest BCUT2D eigenvalue weighted by molar-refractivity contribution is 7.85. The molecule has 0 saturated carbocycles. The Balaban J connectivity index is 0.000000183. The van der Waals surface area contributed by atoms with Gasteiger partial charge in [-0.1, -0.05) is 87.6 Å². The molecular formula is C79H93N4O10S+. The number of anilines is 2. The van der Waals surface area contributed by atoms with Gasteiger partial charge in [0.2, 0.25) is 10.7 Å². The van der Waals surface area contributed by atoms with Gasteiger partial charge in [0.25, 0.3) is 0 Å². The Morgan fingerprint density at radius 1 is 0.479 bits per heavy atom. The molecule has 10 rings (SSSR count). The quantitative estimate of drug-likeness (QED) is 0.0186. The smallest absolute Gasteiger partial charge is 0.338 e. The lowest BCUT2D eigenvalue weighted by Gasteiger charge is -2.22. The number of hydrogen-bond donors (Lipinski definition) is 0. The van der Waals surface area contributed by atoms with E-state index in [9.17, 15) is 22.6 Å². The number of esters is 2. The zero-order valence-electron chi connectivity index (χ0n) is 57.0. The van der Waals surface area contributed by atoms with E-state index >= 15 is 0 Å². The van der Waals surface area contributed by atoms with Crippen molar-refractivity contribution < 1.29 is 45.6 Å². The molecule has 0 spiro atoms. The van der Waals surface area contributed by atoms with E-state index in [0.29, 0.717) is 22.6 Å². The minimum Gasteiger partial charge on any atom is -0.744 e. The number of benzene rings is 8. The molecule has 14 nitrogen and oxygen atoms in total. The van der Waals surface area contributed by atoms with Crippen molar-refractivity contribution >= 4 is 55.4 Å². The lowest BCUT2D eigenvalue weighted by Crippen LogP contribution is -2.29. The fourth-order valence-corrected chi connectivity index (χ4v) is 12.9. The standard InChI is InChI=1S/2C29H33N2O3.C21H28O4S/c2*1-6-30(7-2)20-14-16-24-26(18-20)34-27-19-21(31(8-3)9-4)15-17-25(27)28(24)22-12-10-11-13-23(22)29(32)33-5;1-3-4-5-6-7-8-10-18-13-14-20(15-17(18)2)25-19-11-9-12-21(16-19)26(22,23)24/h2*10-19H,6-9H2,1-5H3;9,11-16H,3-8,10H2,1-2H3,(H,22,23,24)/q2*+1;/p-1. The molecule has 0 saturated heterocycles. The molecule has 15 heteroatoms. The first kappa shape index (κ1) is 70.8. The highest BCUT2D eigenvalue weighted by Gasteiger charge is 2.25. The van der Waals surface area contributed by atoms with Crippen molar-refractivity contribution in [2.24, 2.45) is 0 Å². The third-order valence-electron chi connectivity index (χ3n) is 17.5. The summed E-state index contributed by atoms with van der Waals surface area (Å²) in [6.45, 7) is 28.8. The Morgan fingerprint density at radius 3 is 1.37 bits per heavy atom. The minimum absolute atomic E-state index is 0.286. The SMILES string of the molecule is CCCCCCCCc1ccc(Oc2cccc(S(=O)(=O)[O-])c2)cc1C.CCN(CC)c1ccc2c(-c3ccccc3C(=O)OC)c3ccc(=[N+](CC)CC)cc-3oc2c1.CCN(CC)c1ccc2c(-c3ccccc3C(=O)OC)c3ccc(=[N+](CC)CC)cc-3oc2c1. The van der Waals surface area contributed by atoms with E-state index in [1.807, 2.05) is 60.7 Å². The normalized spacial score (nSPS) is 11.2. The Hall–Kier alpha value is -9.05. The van der Waals surface area contributed by atoms with Crippen molar-refractivity contribution in [2.75, 3.05) is 76.4 Å². The summed E-state index contributed by atoms with van der Waals surface area (Å²) in [5.41, 5.74) is 12.9. The third-order valence-corrected chi connectivity index (χ3v) is 18.4. The zero-order chi connectivity index (χ0) is 67.5. The molecule has 0 aromatic heterocycles. The fourth-order valence-electron chi connectivity index (χ4n) is 12.4. The summed E-state index contributed by atoms with van der Waals surface area (Å²) in [5, 5.41) is 4.17. The fraction of sp³-hybridized carbons (Fsp3) is 0.342. The van der Waals surface area contributed by atoms with E-state index in [-0.39, 0.29) is 16.8 Å². The van der Waals surface area contributed by atoms with E-state index in [1.54, 1.807) is 6.07 Å². The predicted molar refractivity (Wildman–Crippen MR) is 382 cm³/mol. The monoisotopic (exact) mass is 1290 g/mol. The highest BCUT2D eigenvalue weighted by Crippen LogP contribution is 2.44. The second-order valence-corrected chi connectivity index (χ2v) is 24.5. The first-order valence-electron chi connectivity index (χ1n) is 33.4. The van der Waals surface area contributed by atoms with Crippen LogP contribution in [0.15, 0.2) is 178 Å². The van der Waals surface area contributed by atoms with Gasteiger partial charge < -0.3 is 37.4 Å². The van der Waals surface area contributed by atoms with E-state index in [2.05, 4.69) is 167 Å². The molecule has 6 aromatic carbocycles. The Bertz CT molecular complexity index is 4200. The van der Waals surface area contributed by atoms with Crippen LogP contribution in [0.2, 0.25) is 0 Å². The Kier molecular flexibility index (Phi) is 25.4. The minimum atomic E-state index is -4.48. The van der Waals surface area contributed by atoms with E-state index in [1.165, 1.54) is 76.5 Å². The van der Waals surface area contributed by atoms with Crippen molar-refractivity contribution in [1.29, 1.82) is 0 Å². The summed E-state index contributed by atoms with van der Waals surface area (Å²) in [6, 6.07) is 52.2. The topological polar surface area (TPSA) is 158 Å². The summed E-state index contributed by atoms with van der Waals surface area (Å²) in [7, 11) is -1.64. The number of methoxy groups -OCH3 is 2. The lowest BCUT2D eigenvalue weighted by atomic mass is 9.90. The van der Waals surface area contributed by atoms with Gasteiger partial charge in [0, 0.05) is 94.8 Å². The van der Waals surface area contributed by atoms with Crippen LogP contribution in [0.1, 0.15) is 133 Å². The average Bonchev–Trinajstić information content (AvgIpc) is 0.754. The predicted octanol–water partition coefficient (Wildman–Crippen LogP) is 16.9. The van der Waals surface area contributed by atoms with Gasteiger partial charge in [0.15, 0.2) is 0 Å². The van der Waals surface area contributed by atoms with Crippen LogP contribution in [0.5, 0.6) is 11.5 Å². The van der Waals surface area contributed by atoms with Crippen molar-refractivity contribution in [1.82, 2.24) is 9.15 Å². The van der Waals surface area contributed by atoms with Gasteiger partial charge in [0.05, 0.1) is 42.4 Å². The highest BCUT2D eigenvalue weighted by atomic mass is 32.2. The molecule has 494 valence electrons. The number of fused-ring (bicyclic) bond motifs is 4. The molecule has 6 aromatic rings. The first-order chi connectivity index (χ1) is 45.5. The second kappa shape index (κ2) is 33.7. The van der Waals surface area contributed by atoms with Crippen LogP contribution >= 0.6 is 0 Å². The molecule has 2 aliphatic carbocycles. The maximum absolute atomic E-state index is 12.7. The number of ether oxygens (including phenoxy) is 3. The van der Waals surface area contributed by atoms with Gasteiger partial charge in [-0.25, -0.2) is 27.2 Å². The molecule has 0 atom stereocenters. The summed E-state index contributed by atoms with van der Waals surface area (Å²) < 4.78 is 66.9. The van der Waals surface area contributed by atoms with Gasteiger partial charge in [-0.15, -0.1) is 0 Å². The number of hydrogen-bond acceptors (Lipinski definition) is 12. The van der Waals surface area contributed by atoms with Crippen LogP contribution in [0.25, 0.3) is 66.8 Å². The van der Waals surface area contributed by atoms with E-state index in [0.717, 1.165) is 153 Å². The van der Waals surface area contributed by atoms with E-state index in [4.69, 9.17) is 23.0 Å². The molecule has 0 radical (unpaired) electrons. The molecule has 4 aliphatic rings.